The predicted molar refractivity (Wildman–Crippen MR) is 76.8 cm³/mol. The van der Waals surface area contributed by atoms with Gasteiger partial charge in [0, 0.05) is 26.2 Å². The van der Waals surface area contributed by atoms with Crippen molar-refractivity contribution in [3.63, 3.8) is 0 Å². The molecule has 0 atom stereocenters. The third-order valence-electron chi connectivity index (χ3n) is 3.32. The Morgan fingerprint density at radius 1 is 1.11 bits per heavy atom. The minimum absolute atomic E-state index is 0.0926. The van der Waals surface area contributed by atoms with Gasteiger partial charge in [-0.05, 0) is 25.1 Å². The molecule has 3 heteroatoms. The molecule has 1 aliphatic heterocycles. The largest absolute Gasteiger partial charge is 0.366 e. The zero-order valence-corrected chi connectivity index (χ0v) is 12.0. The minimum Gasteiger partial charge on any atom is -0.366 e. The van der Waals surface area contributed by atoms with Gasteiger partial charge in [-0.2, -0.15) is 0 Å². The molecule has 0 aromatic heterocycles. The molecule has 0 amide bonds. The lowest BCUT2D eigenvalue weighted by Gasteiger charge is -2.36. The van der Waals surface area contributed by atoms with Crippen LogP contribution in [0.2, 0.25) is 0 Å². The molecular weight excluding hydrogens is 227 g/mol. The van der Waals surface area contributed by atoms with Crippen LogP contribution in [0.1, 0.15) is 26.3 Å². The van der Waals surface area contributed by atoms with Gasteiger partial charge < -0.3 is 9.80 Å². The van der Waals surface area contributed by atoms with Gasteiger partial charge in [0.05, 0.1) is 5.69 Å². The highest BCUT2D eigenvalue weighted by molar-refractivity contribution is 5.54. The molecule has 0 N–H and O–H groups in total. The molecule has 0 aliphatic carbocycles. The molecule has 0 unspecified atom stereocenters. The Bertz CT molecular complexity index is 337. The second-order valence-corrected chi connectivity index (χ2v) is 4.33. The van der Waals surface area contributed by atoms with Gasteiger partial charge >= 0.3 is 0 Å². The minimum atomic E-state index is -0.0926. The number of piperazine rings is 1. The van der Waals surface area contributed by atoms with Gasteiger partial charge in [0.2, 0.25) is 0 Å². The van der Waals surface area contributed by atoms with E-state index in [1.165, 1.54) is 0 Å². The average Bonchev–Trinajstić information content (AvgIpc) is 2.41. The van der Waals surface area contributed by atoms with E-state index in [9.17, 15) is 4.39 Å². The second-order valence-electron chi connectivity index (χ2n) is 4.33. The van der Waals surface area contributed by atoms with Crippen LogP contribution in [0, 0.1) is 12.7 Å². The van der Waals surface area contributed by atoms with E-state index in [1.807, 2.05) is 26.8 Å². The van der Waals surface area contributed by atoms with E-state index < -0.39 is 0 Å². The molecule has 1 saturated heterocycles. The highest BCUT2D eigenvalue weighted by Gasteiger charge is 2.19. The van der Waals surface area contributed by atoms with Crippen LogP contribution in [-0.2, 0) is 0 Å². The van der Waals surface area contributed by atoms with Crippen molar-refractivity contribution in [1.82, 2.24) is 4.90 Å². The van der Waals surface area contributed by atoms with Crippen molar-refractivity contribution in [3.8, 4) is 0 Å². The van der Waals surface area contributed by atoms with Crippen LogP contribution >= 0.6 is 0 Å². The van der Waals surface area contributed by atoms with Crippen molar-refractivity contribution < 1.29 is 4.39 Å². The summed E-state index contributed by atoms with van der Waals surface area (Å²) in [6.45, 7) is 13.2. The average molecular weight is 252 g/mol. The Morgan fingerprint density at radius 2 is 1.72 bits per heavy atom. The highest BCUT2D eigenvalue weighted by atomic mass is 19.1. The number of aryl methyl sites for hydroxylation is 1. The zero-order valence-electron chi connectivity index (χ0n) is 12.0. The summed E-state index contributed by atoms with van der Waals surface area (Å²) in [7, 11) is 0. The number of hydrogen-bond donors (Lipinski definition) is 0. The number of likely N-dealkylation sites (N-methyl/N-ethyl adjacent to an activating group) is 1. The van der Waals surface area contributed by atoms with E-state index in [0.717, 1.165) is 44.0 Å². The Labute approximate surface area is 110 Å². The smallest absolute Gasteiger partial charge is 0.146 e. The first-order valence-electron chi connectivity index (χ1n) is 6.94. The molecular formula is C15H25FN2. The van der Waals surface area contributed by atoms with Gasteiger partial charge in [0.1, 0.15) is 5.82 Å². The molecule has 2 rings (SSSR count). The first-order valence-corrected chi connectivity index (χ1v) is 6.94. The molecule has 1 aromatic rings. The fourth-order valence-corrected chi connectivity index (χ4v) is 2.31. The zero-order chi connectivity index (χ0) is 13.5. The van der Waals surface area contributed by atoms with Crippen LogP contribution in [-0.4, -0.2) is 37.6 Å². The Balaban J connectivity index is 0.000000771. The van der Waals surface area contributed by atoms with Gasteiger partial charge in [0.15, 0.2) is 0 Å². The monoisotopic (exact) mass is 252 g/mol. The molecule has 2 nitrogen and oxygen atoms in total. The Hall–Kier alpha value is -1.09. The summed E-state index contributed by atoms with van der Waals surface area (Å²) in [4.78, 5) is 4.56. The van der Waals surface area contributed by atoms with E-state index in [1.54, 1.807) is 12.1 Å². The molecule has 102 valence electrons. The van der Waals surface area contributed by atoms with Crippen molar-refractivity contribution in [3.05, 3.63) is 29.6 Å². The summed E-state index contributed by atoms with van der Waals surface area (Å²) in [5, 5.41) is 0. The van der Waals surface area contributed by atoms with E-state index in [-0.39, 0.29) is 5.82 Å². The molecule has 1 aliphatic rings. The highest BCUT2D eigenvalue weighted by Crippen LogP contribution is 2.24. The topological polar surface area (TPSA) is 6.48 Å². The number of rotatable bonds is 2. The molecule has 18 heavy (non-hydrogen) atoms. The van der Waals surface area contributed by atoms with Crippen LogP contribution in [0.3, 0.4) is 0 Å². The fourth-order valence-electron chi connectivity index (χ4n) is 2.31. The number of para-hydroxylation sites is 1. The fraction of sp³-hybridized carbons (Fsp3) is 0.600. The van der Waals surface area contributed by atoms with Crippen LogP contribution in [0.4, 0.5) is 10.1 Å². The molecule has 1 heterocycles. The molecule has 0 saturated carbocycles. The maximum absolute atomic E-state index is 13.8. The maximum atomic E-state index is 13.8. The number of halogens is 1. The van der Waals surface area contributed by atoms with E-state index >= 15 is 0 Å². The number of anilines is 1. The lowest BCUT2D eigenvalue weighted by molar-refractivity contribution is 0.270. The SMILES string of the molecule is CC.CCN1CCN(c2c(C)cccc2F)CC1. The van der Waals surface area contributed by atoms with Gasteiger partial charge in [-0.15, -0.1) is 0 Å². The van der Waals surface area contributed by atoms with Crippen LogP contribution in [0.15, 0.2) is 18.2 Å². The van der Waals surface area contributed by atoms with Crippen LogP contribution in [0.25, 0.3) is 0 Å². The lowest BCUT2D eigenvalue weighted by Crippen LogP contribution is -2.46. The van der Waals surface area contributed by atoms with Crippen molar-refractivity contribution in [1.29, 1.82) is 0 Å². The van der Waals surface area contributed by atoms with Crippen LogP contribution in [0.5, 0.6) is 0 Å². The van der Waals surface area contributed by atoms with Gasteiger partial charge in [-0.3, -0.25) is 0 Å². The normalized spacial score (nSPS) is 16.2. The third kappa shape index (κ3) is 3.45. The second kappa shape index (κ2) is 7.37. The van der Waals surface area contributed by atoms with Crippen LogP contribution < -0.4 is 4.90 Å². The van der Waals surface area contributed by atoms with E-state index in [0.29, 0.717) is 0 Å². The molecule has 1 fully saturated rings. The van der Waals surface area contributed by atoms with Crippen molar-refractivity contribution in [2.75, 3.05) is 37.6 Å². The number of benzene rings is 1. The maximum Gasteiger partial charge on any atom is 0.146 e. The Kier molecular flexibility index (Phi) is 6.13. The summed E-state index contributed by atoms with van der Waals surface area (Å²) in [5.41, 5.74) is 1.82. The molecule has 0 radical (unpaired) electrons. The van der Waals surface area contributed by atoms with E-state index in [4.69, 9.17) is 0 Å². The van der Waals surface area contributed by atoms with E-state index in [2.05, 4.69) is 16.7 Å². The summed E-state index contributed by atoms with van der Waals surface area (Å²) in [5.74, 6) is -0.0926. The molecule has 0 spiro atoms. The van der Waals surface area contributed by atoms with Crippen molar-refractivity contribution in [2.24, 2.45) is 0 Å². The number of hydrogen-bond acceptors (Lipinski definition) is 2. The summed E-state index contributed by atoms with van der Waals surface area (Å²) in [6.07, 6.45) is 0. The van der Waals surface area contributed by atoms with Gasteiger partial charge in [0.25, 0.3) is 0 Å². The summed E-state index contributed by atoms with van der Waals surface area (Å²) < 4.78 is 13.8. The molecule has 1 aromatic carbocycles. The quantitative estimate of drug-likeness (QED) is 0.797. The predicted octanol–water partition coefficient (Wildman–Crippen LogP) is 3.30. The number of nitrogens with zero attached hydrogens (tertiary/aromatic N) is 2. The lowest BCUT2D eigenvalue weighted by atomic mass is 10.1. The third-order valence-corrected chi connectivity index (χ3v) is 3.32. The standard InChI is InChI=1S/C13H19FN2.C2H6/c1-3-15-7-9-16(10-8-15)13-11(2)5-4-6-12(13)14;1-2/h4-6H,3,7-10H2,1-2H3;1-2H3. The van der Waals surface area contributed by atoms with Crippen molar-refractivity contribution in [2.45, 2.75) is 27.7 Å². The van der Waals surface area contributed by atoms with Gasteiger partial charge in [-0.25, -0.2) is 4.39 Å². The Morgan fingerprint density at radius 3 is 2.22 bits per heavy atom. The summed E-state index contributed by atoms with van der Waals surface area (Å²) in [6, 6.07) is 5.30. The summed E-state index contributed by atoms with van der Waals surface area (Å²) >= 11 is 0. The first kappa shape index (κ1) is 15.0. The van der Waals surface area contributed by atoms with Crippen molar-refractivity contribution >= 4 is 5.69 Å². The molecule has 0 bridgehead atoms. The van der Waals surface area contributed by atoms with Gasteiger partial charge in [-0.1, -0.05) is 32.9 Å². The first-order chi connectivity index (χ1) is 8.72.